The lowest BCUT2D eigenvalue weighted by atomic mass is 10.2. The molecule has 26 heavy (non-hydrogen) atoms. The lowest BCUT2D eigenvalue weighted by Crippen LogP contribution is -2.08. The van der Waals surface area contributed by atoms with Crippen molar-refractivity contribution in [2.45, 2.75) is 6.42 Å². The lowest BCUT2D eigenvalue weighted by Gasteiger charge is -2.10. The molecule has 0 atom stereocenters. The van der Waals surface area contributed by atoms with Crippen LogP contribution >= 0.6 is 23.2 Å². The molecule has 7 heteroatoms. The lowest BCUT2D eigenvalue weighted by molar-refractivity contribution is -0.111. The van der Waals surface area contributed by atoms with Gasteiger partial charge in [0.15, 0.2) is 11.5 Å². The fourth-order valence-corrected chi connectivity index (χ4v) is 2.92. The molecule has 1 N–H and O–H groups in total. The van der Waals surface area contributed by atoms with Crippen molar-refractivity contribution in [3.05, 3.63) is 52.0 Å². The number of nitrogens with one attached hydrogen (secondary N) is 1. The average Bonchev–Trinajstić information content (AvgIpc) is 2.86. The van der Waals surface area contributed by atoms with Crippen LogP contribution in [0, 0.1) is 0 Å². The van der Waals surface area contributed by atoms with Crippen molar-refractivity contribution >= 4 is 40.9 Å². The summed E-state index contributed by atoms with van der Waals surface area (Å²) in [6.07, 6.45) is 3.84. The van der Waals surface area contributed by atoms with Crippen LogP contribution in [0.1, 0.15) is 12.0 Å². The van der Waals surface area contributed by atoms with E-state index in [0.717, 1.165) is 12.0 Å². The first-order valence-electron chi connectivity index (χ1n) is 7.98. The number of fused-ring (bicyclic) bond motifs is 1. The van der Waals surface area contributed by atoms with E-state index in [9.17, 15) is 4.79 Å². The summed E-state index contributed by atoms with van der Waals surface area (Å²) < 4.78 is 16.4. The number of carbonyl (C=O) groups is 1. The molecule has 1 amide bonds. The van der Waals surface area contributed by atoms with Crippen LogP contribution in [0.3, 0.4) is 0 Å². The van der Waals surface area contributed by atoms with E-state index in [0.29, 0.717) is 46.2 Å². The highest BCUT2D eigenvalue weighted by atomic mass is 35.5. The Bertz CT molecular complexity index is 852. The van der Waals surface area contributed by atoms with Crippen molar-refractivity contribution in [2.24, 2.45) is 0 Å². The summed E-state index contributed by atoms with van der Waals surface area (Å²) in [6, 6.07) is 8.50. The van der Waals surface area contributed by atoms with E-state index in [-0.39, 0.29) is 5.91 Å². The SMILES string of the molecule is COc1ccc(Cl)cc1NC(=O)/C=C/c1cc(Cl)c2c(c1)OCCCO2. The molecule has 0 bridgehead atoms. The molecular formula is C19H17Cl2NO4. The first-order chi connectivity index (χ1) is 12.6. The number of methoxy groups -OCH3 is 1. The highest BCUT2D eigenvalue weighted by Gasteiger charge is 2.15. The number of ether oxygens (including phenoxy) is 3. The van der Waals surface area contributed by atoms with Gasteiger partial charge >= 0.3 is 0 Å². The van der Waals surface area contributed by atoms with Crippen LogP contribution < -0.4 is 19.5 Å². The van der Waals surface area contributed by atoms with Crippen LogP contribution in [0.15, 0.2) is 36.4 Å². The topological polar surface area (TPSA) is 56.8 Å². The van der Waals surface area contributed by atoms with Gasteiger partial charge in [0.1, 0.15) is 5.75 Å². The van der Waals surface area contributed by atoms with Crippen LogP contribution in [0.25, 0.3) is 6.08 Å². The van der Waals surface area contributed by atoms with E-state index in [1.54, 1.807) is 36.4 Å². The third kappa shape index (κ3) is 4.42. The monoisotopic (exact) mass is 393 g/mol. The average molecular weight is 394 g/mol. The first kappa shape index (κ1) is 18.4. The second kappa shape index (κ2) is 8.34. The molecule has 0 radical (unpaired) electrons. The summed E-state index contributed by atoms with van der Waals surface area (Å²) in [6.45, 7) is 1.12. The van der Waals surface area contributed by atoms with Crippen molar-refractivity contribution in [1.82, 2.24) is 0 Å². The summed E-state index contributed by atoms with van der Waals surface area (Å²) in [5.74, 6) is 1.31. The molecule has 2 aromatic rings. The summed E-state index contributed by atoms with van der Waals surface area (Å²) >= 11 is 12.2. The van der Waals surface area contributed by atoms with Crippen LogP contribution in [0.2, 0.25) is 10.0 Å². The van der Waals surface area contributed by atoms with Crippen LogP contribution in [0.4, 0.5) is 5.69 Å². The maximum atomic E-state index is 12.2. The van der Waals surface area contributed by atoms with Crippen molar-refractivity contribution in [3.63, 3.8) is 0 Å². The number of rotatable bonds is 4. The molecule has 3 rings (SSSR count). The summed E-state index contributed by atoms with van der Waals surface area (Å²) in [4.78, 5) is 12.2. The Hall–Kier alpha value is -2.37. The maximum Gasteiger partial charge on any atom is 0.248 e. The van der Waals surface area contributed by atoms with Crippen molar-refractivity contribution in [3.8, 4) is 17.2 Å². The van der Waals surface area contributed by atoms with Gasteiger partial charge in [-0.3, -0.25) is 4.79 Å². The Labute approximate surface area is 161 Å². The smallest absolute Gasteiger partial charge is 0.248 e. The third-order valence-corrected chi connectivity index (χ3v) is 4.19. The molecule has 0 aliphatic carbocycles. The summed E-state index contributed by atoms with van der Waals surface area (Å²) in [7, 11) is 1.52. The number of carbonyl (C=O) groups excluding carboxylic acids is 1. The van der Waals surface area contributed by atoms with Gasteiger partial charge < -0.3 is 19.5 Å². The van der Waals surface area contributed by atoms with Crippen molar-refractivity contribution in [2.75, 3.05) is 25.6 Å². The molecule has 0 saturated heterocycles. The first-order valence-corrected chi connectivity index (χ1v) is 8.74. The Morgan fingerprint density at radius 2 is 2.00 bits per heavy atom. The molecule has 0 aromatic heterocycles. The van der Waals surface area contributed by atoms with E-state index >= 15 is 0 Å². The second-order valence-corrected chi connectivity index (χ2v) is 6.39. The van der Waals surface area contributed by atoms with Gasteiger partial charge in [-0.1, -0.05) is 23.2 Å². The Kier molecular flexibility index (Phi) is 5.91. The fourth-order valence-electron chi connectivity index (χ4n) is 2.47. The van der Waals surface area contributed by atoms with Gasteiger partial charge in [0.2, 0.25) is 5.91 Å². The number of hydrogen-bond acceptors (Lipinski definition) is 4. The standard InChI is InChI=1S/C19H17Cl2NO4/c1-24-16-5-4-13(20)11-15(16)22-18(23)6-3-12-9-14(21)19-17(10-12)25-7-2-8-26-19/h3-6,9-11H,2,7-8H2,1H3,(H,22,23)/b6-3+. The Morgan fingerprint density at radius 3 is 2.81 bits per heavy atom. The van der Waals surface area contributed by atoms with Crippen LogP contribution in [-0.2, 0) is 4.79 Å². The molecular weight excluding hydrogens is 377 g/mol. The van der Waals surface area contributed by atoms with E-state index in [4.69, 9.17) is 37.4 Å². The second-order valence-electron chi connectivity index (χ2n) is 5.55. The van der Waals surface area contributed by atoms with E-state index in [1.807, 2.05) is 0 Å². The van der Waals surface area contributed by atoms with Gasteiger partial charge in [-0.15, -0.1) is 0 Å². The maximum absolute atomic E-state index is 12.2. The van der Waals surface area contributed by atoms with Crippen molar-refractivity contribution in [1.29, 1.82) is 0 Å². The zero-order chi connectivity index (χ0) is 18.5. The summed E-state index contributed by atoms with van der Waals surface area (Å²) in [5, 5.41) is 3.68. The minimum absolute atomic E-state index is 0.325. The highest BCUT2D eigenvalue weighted by molar-refractivity contribution is 6.32. The molecule has 1 aliphatic heterocycles. The van der Waals surface area contributed by atoms with E-state index < -0.39 is 0 Å². The number of hydrogen-bond donors (Lipinski definition) is 1. The van der Waals surface area contributed by atoms with Gasteiger partial charge in [0.05, 0.1) is 31.0 Å². The third-order valence-electron chi connectivity index (χ3n) is 3.67. The molecule has 2 aromatic carbocycles. The number of amides is 1. The minimum atomic E-state index is -0.325. The number of halogens is 2. The highest BCUT2D eigenvalue weighted by Crippen LogP contribution is 2.38. The summed E-state index contributed by atoms with van der Waals surface area (Å²) in [5.41, 5.74) is 1.22. The zero-order valence-electron chi connectivity index (χ0n) is 14.1. The molecule has 1 aliphatic rings. The normalized spacial score (nSPS) is 13.3. The molecule has 1 heterocycles. The fraction of sp³-hybridized carbons (Fsp3) is 0.211. The molecule has 0 fully saturated rings. The molecule has 0 saturated carbocycles. The number of benzene rings is 2. The zero-order valence-corrected chi connectivity index (χ0v) is 15.6. The molecule has 136 valence electrons. The quantitative estimate of drug-likeness (QED) is 0.756. The Balaban J connectivity index is 1.76. The van der Waals surface area contributed by atoms with Gasteiger partial charge in [-0.25, -0.2) is 0 Å². The van der Waals surface area contributed by atoms with Crippen LogP contribution in [0.5, 0.6) is 17.2 Å². The van der Waals surface area contributed by atoms with Gasteiger partial charge in [0.25, 0.3) is 0 Å². The molecule has 5 nitrogen and oxygen atoms in total. The number of anilines is 1. The van der Waals surface area contributed by atoms with Gasteiger partial charge in [-0.05, 0) is 42.0 Å². The van der Waals surface area contributed by atoms with Gasteiger partial charge in [0, 0.05) is 17.5 Å². The molecule has 0 spiro atoms. The predicted molar refractivity (Wildman–Crippen MR) is 103 cm³/mol. The van der Waals surface area contributed by atoms with Gasteiger partial charge in [-0.2, -0.15) is 0 Å². The van der Waals surface area contributed by atoms with E-state index in [2.05, 4.69) is 5.32 Å². The van der Waals surface area contributed by atoms with Crippen molar-refractivity contribution < 1.29 is 19.0 Å². The predicted octanol–water partition coefficient (Wildman–Crippen LogP) is 4.82. The minimum Gasteiger partial charge on any atom is -0.495 e. The molecule has 0 unspecified atom stereocenters. The van der Waals surface area contributed by atoms with E-state index in [1.165, 1.54) is 13.2 Å². The Morgan fingerprint density at radius 1 is 1.19 bits per heavy atom. The largest absolute Gasteiger partial charge is 0.495 e. The van der Waals surface area contributed by atoms with Crippen LogP contribution in [-0.4, -0.2) is 26.2 Å².